The Balaban J connectivity index is 1.54. The van der Waals surface area contributed by atoms with E-state index in [2.05, 4.69) is 36.2 Å². The average molecular weight is 403 g/mol. The van der Waals surface area contributed by atoms with Crippen molar-refractivity contribution in [2.24, 2.45) is 0 Å². The van der Waals surface area contributed by atoms with Crippen molar-refractivity contribution in [1.29, 1.82) is 0 Å². The van der Waals surface area contributed by atoms with E-state index in [1.165, 1.54) is 22.4 Å². The van der Waals surface area contributed by atoms with E-state index in [1.54, 1.807) is 34.8 Å². The molecule has 0 spiro atoms. The summed E-state index contributed by atoms with van der Waals surface area (Å²) in [6, 6.07) is 19.0. The van der Waals surface area contributed by atoms with Gasteiger partial charge in [0, 0.05) is 23.3 Å². The Hall–Kier alpha value is -3.16. The highest BCUT2D eigenvalue weighted by atomic mass is 32.1. The van der Waals surface area contributed by atoms with Gasteiger partial charge in [0.15, 0.2) is 0 Å². The van der Waals surface area contributed by atoms with Gasteiger partial charge < -0.3 is 0 Å². The average Bonchev–Trinajstić information content (AvgIpc) is 3.31. The monoisotopic (exact) mass is 403 g/mol. The van der Waals surface area contributed by atoms with Gasteiger partial charge in [-0.25, -0.2) is 9.97 Å². The lowest BCUT2D eigenvalue weighted by molar-refractivity contribution is -0.384. The molecule has 0 saturated carbocycles. The summed E-state index contributed by atoms with van der Waals surface area (Å²) in [5.41, 5.74) is 5.20. The quantitative estimate of drug-likeness (QED) is 0.256. The van der Waals surface area contributed by atoms with Gasteiger partial charge in [-0.05, 0) is 55.0 Å². The molecule has 0 unspecified atom stereocenters. The summed E-state index contributed by atoms with van der Waals surface area (Å²) in [5, 5.41) is 12.7. The van der Waals surface area contributed by atoms with Crippen LogP contribution in [0, 0.1) is 17.0 Å². The van der Waals surface area contributed by atoms with Crippen molar-refractivity contribution in [3.05, 3.63) is 76.3 Å². The van der Waals surface area contributed by atoms with E-state index < -0.39 is 4.92 Å². The zero-order valence-electron chi connectivity index (χ0n) is 14.7. The molecule has 0 aliphatic heterocycles. The summed E-state index contributed by atoms with van der Waals surface area (Å²) in [7, 11) is 0. The lowest BCUT2D eigenvalue weighted by Gasteiger charge is -1.95. The van der Waals surface area contributed by atoms with Crippen molar-refractivity contribution in [3.63, 3.8) is 0 Å². The van der Waals surface area contributed by atoms with Crippen molar-refractivity contribution in [1.82, 2.24) is 9.97 Å². The van der Waals surface area contributed by atoms with Crippen LogP contribution in [-0.2, 0) is 0 Å². The van der Waals surface area contributed by atoms with Crippen LogP contribution < -0.4 is 0 Å². The molecule has 28 heavy (non-hydrogen) atoms. The lowest BCUT2D eigenvalue weighted by atomic mass is 10.2. The number of nitro groups is 1. The fraction of sp³-hybridized carbons (Fsp3) is 0.0476. The normalized spacial score (nSPS) is 11.3. The Morgan fingerprint density at radius 2 is 1.36 bits per heavy atom. The van der Waals surface area contributed by atoms with Gasteiger partial charge in [-0.15, -0.1) is 22.7 Å². The first-order valence-corrected chi connectivity index (χ1v) is 10.2. The van der Waals surface area contributed by atoms with E-state index in [0.29, 0.717) is 0 Å². The number of aryl methyl sites for hydroxylation is 1. The number of fused-ring (bicyclic) bond motifs is 2. The van der Waals surface area contributed by atoms with Gasteiger partial charge in [-0.1, -0.05) is 6.07 Å². The molecule has 0 atom stereocenters. The van der Waals surface area contributed by atoms with E-state index >= 15 is 0 Å². The number of hydrogen-bond acceptors (Lipinski definition) is 6. The molecule has 2 aromatic heterocycles. The van der Waals surface area contributed by atoms with Gasteiger partial charge in [-0.3, -0.25) is 10.1 Å². The van der Waals surface area contributed by atoms with E-state index in [4.69, 9.17) is 4.98 Å². The summed E-state index contributed by atoms with van der Waals surface area (Å²) < 4.78 is 2.26. The Kier molecular flexibility index (Phi) is 3.92. The molecule has 2 heterocycles. The van der Waals surface area contributed by atoms with Gasteiger partial charge in [0.25, 0.3) is 5.69 Å². The van der Waals surface area contributed by atoms with Crippen LogP contribution in [0.3, 0.4) is 0 Å². The minimum absolute atomic E-state index is 0.0817. The zero-order valence-corrected chi connectivity index (χ0v) is 16.4. The molecular formula is C21H13N3O2S2. The predicted molar refractivity (Wildman–Crippen MR) is 115 cm³/mol. The van der Waals surface area contributed by atoms with Crippen LogP contribution in [0.25, 0.3) is 41.6 Å². The number of benzene rings is 3. The van der Waals surface area contributed by atoms with Gasteiger partial charge in [0.2, 0.25) is 0 Å². The molecule has 5 rings (SSSR count). The molecule has 5 aromatic rings. The minimum atomic E-state index is -0.395. The number of rotatable bonds is 3. The molecule has 3 aromatic carbocycles. The molecule has 0 radical (unpaired) electrons. The molecule has 0 amide bonds. The third kappa shape index (κ3) is 2.94. The summed E-state index contributed by atoms with van der Waals surface area (Å²) in [6.07, 6.45) is 0. The van der Waals surface area contributed by atoms with E-state index in [0.717, 1.165) is 36.9 Å². The summed E-state index contributed by atoms with van der Waals surface area (Å²) in [5.74, 6) is 0. The van der Waals surface area contributed by atoms with Crippen molar-refractivity contribution < 1.29 is 4.92 Å². The molecule has 7 heteroatoms. The smallest absolute Gasteiger partial charge is 0.258 e. The first-order valence-electron chi connectivity index (χ1n) is 8.60. The van der Waals surface area contributed by atoms with Crippen LogP contribution in [0.5, 0.6) is 0 Å². The van der Waals surface area contributed by atoms with E-state index in [-0.39, 0.29) is 5.69 Å². The molecule has 5 nitrogen and oxygen atoms in total. The van der Waals surface area contributed by atoms with Crippen LogP contribution in [0.4, 0.5) is 5.69 Å². The zero-order chi connectivity index (χ0) is 19.3. The largest absolute Gasteiger partial charge is 0.269 e. The fourth-order valence-electron chi connectivity index (χ4n) is 3.06. The Morgan fingerprint density at radius 1 is 0.786 bits per heavy atom. The second kappa shape index (κ2) is 6.47. The Bertz CT molecular complexity index is 1350. The minimum Gasteiger partial charge on any atom is -0.258 e. The topological polar surface area (TPSA) is 68.9 Å². The molecule has 0 bridgehead atoms. The maximum Gasteiger partial charge on any atom is 0.269 e. The number of non-ortho nitro benzene ring substituents is 1. The number of nitrogens with zero attached hydrogens (tertiary/aromatic N) is 3. The SMILES string of the molecule is Cc1ccc2nc(-c3ccc4nc(-c5ccc([N+](=O)[O-])cc5)sc4c3)sc2c1. The maximum absolute atomic E-state index is 10.8. The van der Waals surface area contributed by atoms with Crippen LogP contribution in [0.1, 0.15) is 5.56 Å². The third-order valence-electron chi connectivity index (χ3n) is 4.50. The molecule has 0 fully saturated rings. The molecule has 0 N–H and O–H groups in total. The van der Waals surface area contributed by atoms with Crippen molar-refractivity contribution in [3.8, 4) is 21.1 Å². The number of thiazole rings is 2. The highest BCUT2D eigenvalue weighted by Crippen LogP contribution is 2.36. The number of nitro benzene ring substituents is 1. The highest BCUT2D eigenvalue weighted by molar-refractivity contribution is 7.22. The summed E-state index contributed by atoms with van der Waals surface area (Å²) in [4.78, 5) is 19.9. The predicted octanol–water partition coefficient (Wildman–Crippen LogP) is 6.46. The van der Waals surface area contributed by atoms with Gasteiger partial charge in [0.1, 0.15) is 10.0 Å². The summed E-state index contributed by atoms with van der Waals surface area (Å²) >= 11 is 3.27. The van der Waals surface area contributed by atoms with Crippen LogP contribution in [0.2, 0.25) is 0 Å². The third-order valence-corrected chi connectivity index (χ3v) is 6.64. The van der Waals surface area contributed by atoms with Crippen molar-refractivity contribution in [2.75, 3.05) is 0 Å². The Labute approximate surface area is 168 Å². The lowest BCUT2D eigenvalue weighted by Crippen LogP contribution is -1.86. The Morgan fingerprint density at radius 3 is 2.04 bits per heavy atom. The summed E-state index contributed by atoms with van der Waals surface area (Å²) in [6.45, 7) is 2.09. The van der Waals surface area contributed by atoms with Gasteiger partial charge in [-0.2, -0.15) is 0 Å². The highest BCUT2D eigenvalue weighted by Gasteiger charge is 2.12. The van der Waals surface area contributed by atoms with E-state index in [9.17, 15) is 10.1 Å². The molecule has 136 valence electrons. The molecule has 0 aliphatic rings. The fourth-order valence-corrected chi connectivity index (χ4v) is 5.13. The number of aromatic nitrogens is 2. The standard InChI is InChI=1S/C21H13N3O2S2/c1-12-2-8-16-18(10-12)27-21(23-16)14-5-9-17-19(11-14)28-20(22-17)13-3-6-15(7-4-13)24(25)26/h2-11H,1H3. The molecular weight excluding hydrogens is 390 g/mol. The second-order valence-electron chi connectivity index (χ2n) is 6.50. The van der Waals surface area contributed by atoms with Crippen LogP contribution >= 0.6 is 22.7 Å². The van der Waals surface area contributed by atoms with Gasteiger partial charge in [0.05, 0.1) is 25.4 Å². The number of hydrogen-bond donors (Lipinski definition) is 0. The first-order chi connectivity index (χ1) is 13.6. The van der Waals surface area contributed by atoms with Crippen LogP contribution in [0.15, 0.2) is 60.7 Å². The maximum atomic E-state index is 10.8. The second-order valence-corrected chi connectivity index (χ2v) is 8.56. The van der Waals surface area contributed by atoms with Crippen LogP contribution in [-0.4, -0.2) is 14.9 Å². The molecule has 0 aliphatic carbocycles. The van der Waals surface area contributed by atoms with E-state index in [1.807, 2.05) is 12.1 Å². The van der Waals surface area contributed by atoms with Crippen molar-refractivity contribution in [2.45, 2.75) is 6.92 Å². The first kappa shape index (κ1) is 17.0. The van der Waals surface area contributed by atoms with Crippen molar-refractivity contribution >= 4 is 48.8 Å². The molecule has 0 saturated heterocycles. The van der Waals surface area contributed by atoms with Gasteiger partial charge >= 0.3 is 0 Å².